The number of hydrogen-bond donors (Lipinski definition) is 0. The van der Waals surface area contributed by atoms with Crippen molar-refractivity contribution in [3.05, 3.63) is 41.2 Å². The predicted octanol–water partition coefficient (Wildman–Crippen LogP) is 3.54. The minimum atomic E-state index is -0.557. The molecule has 16 heavy (non-hydrogen) atoms. The Morgan fingerprint density at radius 2 is 2.12 bits per heavy atom. The van der Waals surface area contributed by atoms with E-state index in [0.717, 1.165) is 0 Å². The molecule has 0 fully saturated rings. The maximum Gasteiger partial charge on any atom is 0.338 e. The molecule has 0 unspecified atom stereocenters. The first kappa shape index (κ1) is 12.9. The highest BCUT2D eigenvalue weighted by Crippen LogP contribution is 2.24. The topological polar surface area (TPSA) is 26.3 Å². The van der Waals surface area contributed by atoms with Crippen LogP contribution in [0.25, 0.3) is 5.57 Å². The molecule has 1 aromatic carbocycles. The maximum atomic E-state index is 13.5. The summed E-state index contributed by atoms with van der Waals surface area (Å²) in [4.78, 5) is 11.4. The van der Waals surface area contributed by atoms with E-state index in [-0.39, 0.29) is 5.56 Å². The zero-order chi connectivity index (χ0) is 12.3. The van der Waals surface area contributed by atoms with Gasteiger partial charge in [-0.1, -0.05) is 28.1 Å². The van der Waals surface area contributed by atoms with Gasteiger partial charge in [0.1, 0.15) is 5.82 Å². The lowest BCUT2D eigenvalue weighted by atomic mass is 9.99. The van der Waals surface area contributed by atoms with Crippen LogP contribution in [0.1, 0.15) is 28.4 Å². The molecule has 0 aliphatic heterocycles. The van der Waals surface area contributed by atoms with E-state index in [9.17, 15) is 9.18 Å². The first-order valence-corrected chi connectivity index (χ1v) is 5.76. The molecule has 0 bridgehead atoms. The number of esters is 1. The van der Waals surface area contributed by atoms with Crippen molar-refractivity contribution in [1.82, 2.24) is 0 Å². The van der Waals surface area contributed by atoms with Crippen LogP contribution in [0.2, 0.25) is 0 Å². The molecule has 1 rings (SSSR count). The molecule has 0 N–H and O–H groups in total. The molecule has 86 valence electrons. The van der Waals surface area contributed by atoms with E-state index < -0.39 is 11.8 Å². The second-order valence-electron chi connectivity index (χ2n) is 3.39. The van der Waals surface area contributed by atoms with Crippen molar-refractivity contribution in [1.29, 1.82) is 0 Å². The van der Waals surface area contributed by atoms with E-state index >= 15 is 0 Å². The van der Waals surface area contributed by atoms with E-state index in [1.807, 2.05) is 0 Å². The Bertz CT molecular complexity index is 441. The van der Waals surface area contributed by atoms with Gasteiger partial charge in [0.15, 0.2) is 0 Å². The standard InChI is InChI=1S/C12H12BrFO2/c1-7(2)9-4-8(6-13)11(14)5-10(9)12(15)16-3/h4-5H,1,6H2,2-3H3. The molecule has 0 aliphatic rings. The van der Waals surface area contributed by atoms with Crippen molar-refractivity contribution in [2.24, 2.45) is 0 Å². The molecule has 0 saturated carbocycles. The normalized spacial score (nSPS) is 10.0. The summed E-state index contributed by atoms with van der Waals surface area (Å²) >= 11 is 3.18. The highest BCUT2D eigenvalue weighted by molar-refractivity contribution is 9.08. The van der Waals surface area contributed by atoms with Crippen molar-refractivity contribution in [2.45, 2.75) is 12.3 Å². The van der Waals surface area contributed by atoms with Gasteiger partial charge in [-0.05, 0) is 30.2 Å². The van der Waals surface area contributed by atoms with E-state index in [2.05, 4.69) is 27.2 Å². The number of rotatable bonds is 3. The van der Waals surface area contributed by atoms with Gasteiger partial charge in [0.25, 0.3) is 0 Å². The average Bonchev–Trinajstić information content (AvgIpc) is 2.27. The van der Waals surface area contributed by atoms with E-state index in [4.69, 9.17) is 0 Å². The van der Waals surface area contributed by atoms with Crippen LogP contribution < -0.4 is 0 Å². The molecule has 0 aliphatic carbocycles. The Morgan fingerprint density at radius 3 is 2.56 bits per heavy atom. The molecule has 0 aromatic heterocycles. The zero-order valence-corrected chi connectivity index (χ0v) is 10.7. The smallest absolute Gasteiger partial charge is 0.338 e. The summed E-state index contributed by atoms with van der Waals surface area (Å²) in [6.07, 6.45) is 0. The van der Waals surface area contributed by atoms with Gasteiger partial charge in [-0.2, -0.15) is 0 Å². The summed E-state index contributed by atoms with van der Waals surface area (Å²) in [5.74, 6) is -0.986. The van der Waals surface area contributed by atoms with Crippen LogP contribution in [0.15, 0.2) is 18.7 Å². The maximum absolute atomic E-state index is 13.5. The molecular weight excluding hydrogens is 275 g/mol. The molecule has 0 atom stereocenters. The third kappa shape index (κ3) is 2.50. The number of methoxy groups -OCH3 is 1. The second-order valence-corrected chi connectivity index (χ2v) is 3.96. The third-order valence-corrected chi connectivity index (χ3v) is 2.80. The van der Waals surface area contributed by atoms with Crippen LogP contribution in [0.3, 0.4) is 0 Å². The number of benzene rings is 1. The van der Waals surface area contributed by atoms with E-state index in [0.29, 0.717) is 22.0 Å². The minimum absolute atomic E-state index is 0.206. The van der Waals surface area contributed by atoms with Gasteiger partial charge in [0.2, 0.25) is 0 Å². The summed E-state index contributed by atoms with van der Waals surface area (Å²) in [6.45, 7) is 5.52. The SMILES string of the molecule is C=C(C)c1cc(CBr)c(F)cc1C(=O)OC. The lowest BCUT2D eigenvalue weighted by Crippen LogP contribution is -2.07. The zero-order valence-electron chi connectivity index (χ0n) is 9.14. The highest BCUT2D eigenvalue weighted by Gasteiger charge is 2.16. The van der Waals surface area contributed by atoms with E-state index in [1.54, 1.807) is 13.0 Å². The van der Waals surface area contributed by atoms with Gasteiger partial charge in [-0.25, -0.2) is 9.18 Å². The monoisotopic (exact) mass is 286 g/mol. The summed E-state index contributed by atoms with van der Waals surface area (Å²) in [5, 5.41) is 0.389. The minimum Gasteiger partial charge on any atom is -0.465 e. The van der Waals surface area contributed by atoms with Gasteiger partial charge >= 0.3 is 5.97 Å². The van der Waals surface area contributed by atoms with Gasteiger partial charge in [0, 0.05) is 5.33 Å². The molecule has 2 nitrogen and oxygen atoms in total. The molecule has 0 amide bonds. The van der Waals surface area contributed by atoms with Gasteiger partial charge in [0.05, 0.1) is 12.7 Å². The van der Waals surface area contributed by atoms with Gasteiger partial charge in [-0.15, -0.1) is 0 Å². The Kier molecular flexibility index (Phi) is 4.24. The third-order valence-electron chi connectivity index (χ3n) is 2.20. The Balaban J connectivity index is 3.42. The molecular formula is C12H12BrFO2. The first-order valence-electron chi connectivity index (χ1n) is 4.63. The molecule has 0 spiro atoms. The molecule has 0 radical (unpaired) electrons. The Hall–Kier alpha value is -1.16. The largest absolute Gasteiger partial charge is 0.465 e. The number of allylic oxidation sites excluding steroid dienone is 1. The van der Waals surface area contributed by atoms with Crippen molar-refractivity contribution >= 4 is 27.5 Å². The number of alkyl halides is 1. The molecule has 4 heteroatoms. The Labute approximate surface area is 102 Å². The average molecular weight is 287 g/mol. The quantitative estimate of drug-likeness (QED) is 0.628. The lowest BCUT2D eigenvalue weighted by molar-refractivity contribution is 0.0600. The Morgan fingerprint density at radius 1 is 1.50 bits per heavy atom. The number of halogens is 2. The summed E-state index contributed by atoms with van der Waals surface area (Å²) in [6, 6.07) is 2.80. The van der Waals surface area contributed by atoms with Crippen molar-refractivity contribution < 1.29 is 13.9 Å². The van der Waals surface area contributed by atoms with Crippen LogP contribution in [-0.2, 0) is 10.1 Å². The van der Waals surface area contributed by atoms with Crippen LogP contribution in [0.5, 0.6) is 0 Å². The summed E-state index contributed by atoms with van der Waals surface area (Å²) in [5.41, 5.74) is 2.01. The lowest BCUT2D eigenvalue weighted by Gasteiger charge is -2.10. The number of carbonyl (C=O) groups excluding carboxylic acids is 1. The van der Waals surface area contributed by atoms with Crippen LogP contribution in [0.4, 0.5) is 4.39 Å². The van der Waals surface area contributed by atoms with Crippen molar-refractivity contribution in [3.63, 3.8) is 0 Å². The number of hydrogen-bond acceptors (Lipinski definition) is 2. The van der Waals surface area contributed by atoms with Crippen LogP contribution in [0, 0.1) is 5.82 Å². The van der Waals surface area contributed by atoms with Crippen LogP contribution in [-0.4, -0.2) is 13.1 Å². The molecule has 1 aromatic rings. The highest BCUT2D eigenvalue weighted by atomic mass is 79.9. The number of ether oxygens (including phenoxy) is 1. The van der Waals surface area contributed by atoms with E-state index in [1.165, 1.54) is 13.2 Å². The predicted molar refractivity (Wildman–Crippen MR) is 65.1 cm³/mol. The second kappa shape index (κ2) is 5.25. The fraction of sp³-hybridized carbons (Fsp3) is 0.250. The summed E-state index contributed by atoms with van der Waals surface area (Å²) in [7, 11) is 1.26. The molecule has 0 heterocycles. The number of carbonyl (C=O) groups is 1. The fourth-order valence-electron chi connectivity index (χ4n) is 1.35. The molecule has 0 saturated heterocycles. The van der Waals surface area contributed by atoms with Gasteiger partial charge in [-0.3, -0.25) is 0 Å². The fourth-order valence-corrected chi connectivity index (χ4v) is 1.78. The first-order chi connectivity index (χ1) is 7.51. The summed E-state index contributed by atoms with van der Waals surface area (Å²) < 4.78 is 18.1. The van der Waals surface area contributed by atoms with Crippen molar-refractivity contribution in [2.75, 3.05) is 7.11 Å². The van der Waals surface area contributed by atoms with Crippen LogP contribution >= 0.6 is 15.9 Å². The van der Waals surface area contributed by atoms with Crippen molar-refractivity contribution in [3.8, 4) is 0 Å². The van der Waals surface area contributed by atoms with Gasteiger partial charge < -0.3 is 4.74 Å².